The third-order valence-corrected chi connectivity index (χ3v) is 4.59. The molecule has 2 aromatic heterocycles. The van der Waals surface area contributed by atoms with Crippen molar-refractivity contribution in [3.63, 3.8) is 0 Å². The first-order valence-corrected chi connectivity index (χ1v) is 8.74. The summed E-state index contributed by atoms with van der Waals surface area (Å²) < 4.78 is 46.0. The van der Waals surface area contributed by atoms with Crippen LogP contribution in [0.4, 0.5) is 18.9 Å². The molecule has 1 N–H and O–H groups in total. The molecule has 148 valence electrons. The van der Waals surface area contributed by atoms with Crippen LogP contribution < -0.4 is 10.1 Å². The number of ether oxygens (including phenoxy) is 1. The SMILES string of the molecule is COc1cccc(Cn2cc(NC(=O)c3c(Br)c(C(F)(F)F)nn3C)cn2)c1. The molecule has 0 bridgehead atoms. The molecule has 0 unspecified atom stereocenters. The van der Waals surface area contributed by atoms with Gasteiger partial charge >= 0.3 is 6.18 Å². The molecule has 28 heavy (non-hydrogen) atoms. The van der Waals surface area contributed by atoms with Crippen molar-refractivity contribution in [3.05, 3.63) is 58.1 Å². The molecule has 0 spiro atoms. The number of amides is 1. The van der Waals surface area contributed by atoms with Gasteiger partial charge in [-0.05, 0) is 33.6 Å². The Bertz CT molecular complexity index is 1010. The van der Waals surface area contributed by atoms with Gasteiger partial charge in [0.15, 0.2) is 5.69 Å². The average Bonchev–Trinajstić information content (AvgIpc) is 3.18. The number of nitrogens with zero attached hydrogens (tertiary/aromatic N) is 4. The molecule has 0 saturated heterocycles. The number of alkyl halides is 3. The minimum atomic E-state index is -4.67. The average molecular weight is 458 g/mol. The Labute approximate surface area is 166 Å². The van der Waals surface area contributed by atoms with Gasteiger partial charge in [-0.25, -0.2) is 0 Å². The largest absolute Gasteiger partial charge is 0.497 e. The van der Waals surface area contributed by atoms with E-state index in [9.17, 15) is 18.0 Å². The van der Waals surface area contributed by atoms with Crippen molar-refractivity contribution in [1.82, 2.24) is 19.6 Å². The van der Waals surface area contributed by atoms with E-state index < -0.39 is 22.3 Å². The zero-order chi connectivity index (χ0) is 20.5. The van der Waals surface area contributed by atoms with E-state index in [1.807, 2.05) is 24.3 Å². The zero-order valence-corrected chi connectivity index (χ0v) is 16.4. The van der Waals surface area contributed by atoms with Crippen molar-refractivity contribution in [2.75, 3.05) is 12.4 Å². The molecule has 3 aromatic rings. The van der Waals surface area contributed by atoms with Crippen LogP contribution in [0.25, 0.3) is 0 Å². The molecule has 3 rings (SSSR count). The molecule has 0 fully saturated rings. The molecule has 1 amide bonds. The van der Waals surface area contributed by atoms with Crippen LogP contribution in [0.5, 0.6) is 5.75 Å². The molecule has 11 heteroatoms. The predicted octanol–water partition coefficient (Wildman–Crippen LogP) is 3.71. The summed E-state index contributed by atoms with van der Waals surface area (Å²) >= 11 is 2.82. The lowest BCUT2D eigenvalue weighted by molar-refractivity contribution is -0.142. The fraction of sp³-hybridized carbons (Fsp3) is 0.235. The summed E-state index contributed by atoms with van der Waals surface area (Å²) in [7, 11) is 2.84. The highest BCUT2D eigenvalue weighted by atomic mass is 79.9. The summed E-state index contributed by atoms with van der Waals surface area (Å²) in [5, 5.41) is 10.1. The Morgan fingerprint density at radius 2 is 2.11 bits per heavy atom. The summed E-state index contributed by atoms with van der Waals surface area (Å²) in [6.07, 6.45) is -1.68. The van der Waals surface area contributed by atoms with Crippen LogP contribution in [-0.4, -0.2) is 32.6 Å². The van der Waals surface area contributed by atoms with E-state index in [1.165, 1.54) is 13.2 Å². The first kappa shape index (κ1) is 19.9. The number of anilines is 1. The molecule has 0 saturated carbocycles. The van der Waals surface area contributed by atoms with Crippen LogP contribution in [0.15, 0.2) is 41.1 Å². The van der Waals surface area contributed by atoms with Crippen LogP contribution in [0.1, 0.15) is 21.7 Å². The standard InChI is InChI=1S/C17H15BrF3N5O2/c1-25-14(13(18)15(24-25)17(19,20)21)16(27)23-11-7-22-26(9-11)8-10-4-3-5-12(6-10)28-2/h3-7,9H,8H2,1-2H3,(H,23,27). The van der Waals surface area contributed by atoms with E-state index in [-0.39, 0.29) is 5.69 Å². The molecule has 1 aromatic carbocycles. The molecule has 0 atom stereocenters. The molecule has 0 aliphatic heterocycles. The third kappa shape index (κ3) is 4.19. The second kappa shape index (κ2) is 7.66. The number of carbonyl (C=O) groups excluding carboxylic acids is 1. The summed E-state index contributed by atoms with van der Waals surface area (Å²) in [6.45, 7) is 0.431. The first-order chi connectivity index (χ1) is 13.2. The third-order valence-electron chi connectivity index (χ3n) is 3.84. The van der Waals surface area contributed by atoms with E-state index >= 15 is 0 Å². The Morgan fingerprint density at radius 1 is 1.36 bits per heavy atom. The van der Waals surface area contributed by atoms with Crippen LogP contribution in [-0.2, 0) is 19.8 Å². The molecular weight excluding hydrogens is 443 g/mol. The highest BCUT2D eigenvalue weighted by molar-refractivity contribution is 9.10. The summed E-state index contributed by atoms with van der Waals surface area (Å²) in [5.74, 6) is -0.0296. The number of aromatic nitrogens is 4. The van der Waals surface area contributed by atoms with Crippen molar-refractivity contribution >= 4 is 27.5 Å². The van der Waals surface area contributed by atoms with Crippen molar-refractivity contribution < 1.29 is 22.7 Å². The molecule has 0 aliphatic rings. The van der Waals surface area contributed by atoms with Crippen molar-refractivity contribution in [2.45, 2.75) is 12.7 Å². The topological polar surface area (TPSA) is 74.0 Å². The van der Waals surface area contributed by atoms with Crippen molar-refractivity contribution in [2.24, 2.45) is 7.05 Å². The Morgan fingerprint density at radius 3 is 2.75 bits per heavy atom. The van der Waals surface area contributed by atoms with Crippen molar-refractivity contribution in [1.29, 1.82) is 0 Å². The van der Waals surface area contributed by atoms with E-state index in [2.05, 4.69) is 31.4 Å². The van der Waals surface area contributed by atoms with Gasteiger partial charge in [0.05, 0.1) is 30.0 Å². The van der Waals surface area contributed by atoms with Gasteiger partial charge in [0.2, 0.25) is 0 Å². The molecule has 0 aliphatic carbocycles. The highest BCUT2D eigenvalue weighted by Crippen LogP contribution is 2.35. The first-order valence-electron chi connectivity index (χ1n) is 7.95. The smallest absolute Gasteiger partial charge is 0.436 e. The van der Waals surface area contributed by atoms with Crippen LogP contribution in [0, 0.1) is 0 Å². The van der Waals surface area contributed by atoms with Gasteiger partial charge in [0.1, 0.15) is 11.4 Å². The molecule has 2 heterocycles. The van der Waals surface area contributed by atoms with E-state index in [0.29, 0.717) is 18.0 Å². The lowest BCUT2D eigenvalue weighted by Crippen LogP contribution is -2.16. The number of nitrogens with one attached hydrogen (secondary N) is 1. The number of carbonyl (C=O) groups is 1. The fourth-order valence-electron chi connectivity index (χ4n) is 2.59. The Balaban J connectivity index is 1.75. The Kier molecular flexibility index (Phi) is 5.45. The number of aryl methyl sites for hydroxylation is 1. The molecule has 0 radical (unpaired) electrons. The summed E-state index contributed by atoms with van der Waals surface area (Å²) in [6, 6.07) is 7.41. The normalized spacial score (nSPS) is 11.5. The maximum atomic E-state index is 12.9. The lowest BCUT2D eigenvalue weighted by Gasteiger charge is -2.05. The van der Waals surface area contributed by atoms with Crippen LogP contribution in [0.3, 0.4) is 0 Å². The van der Waals surface area contributed by atoms with Gasteiger partial charge in [0.25, 0.3) is 5.91 Å². The van der Waals surface area contributed by atoms with E-state index in [0.717, 1.165) is 10.2 Å². The summed E-state index contributed by atoms with van der Waals surface area (Å²) in [4.78, 5) is 12.4. The number of hydrogen-bond donors (Lipinski definition) is 1. The maximum Gasteiger partial charge on any atom is 0.436 e. The minimum absolute atomic E-state index is 0.243. The van der Waals surface area contributed by atoms with Crippen molar-refractivity contribution in [3.8, 4) is 5.75 Å². The van der Waals surface area contributed by atoms with Crippen LogP contribution in [0.2, 0.25) is 0 Å². The second-order valence-electron chi connectivity index (χ2n) is 5.86. The maximum absolute atomic E-state index is 12.9. The quantitative estimate of drug-likeness (QED) is 0.633. The van der Waals surface area contributed by atoms with Gasteiger partial charge < -0.3 is 10.1 Å². The van der Waals surface area contributed by atoms with Gasteiger partial charge in [0, 0.05) is 13.2 Å². The van der Waals surface area contributed by atoms with Crippen LogP contribution >= 0.6 is 15.9 Å². The van der Waals surface area contributed by atoms with E-state index in [4.69, 9.17) is 4.74 Å². The number of hydrogen-bond acceptors (Lipinski definition) is 4. The number of halogens is 4. The monoisotopic (exact) mass is 457 g/mol. The summed E-state index contributed by atoms with van der Waals surface area (Å²) in [5.41, 5.74) is -0.124. The lowest BCUT2D eigenvalue weighted by atomic mass is 10.2. The number of benzene rings is 1. The van der Waals surface area contributed by atoms with Gasteiger partial charge in [-0.1, -0.05) is 12.1 Å². The van der Waals surface area contributed by atoms with Gasteiger partial charge in [-0.2, -0.15) is 23.4 Å². The Hall–Kier alpha value is -2.82. The molecule has 7 nitrogen and oxygen atoms in total. The highest BCUT2D eigenvalue weighted by Gasteiger charge is 2.39. The minimum Gasteiger partial charge on any atom is -0.497 e. The van der Waals surface area contributed by atoms with Gasteiger partial charge in [-0.3, -0.25) is 14.2 Å². The predicted molar refractivity (Wildman–Crippen MR) is 98.2 cm³/mol. The zero-order valence-electron chi connectivity index (χ0n) is 14.8. The van der Waals surface area contributed by atoms with Gasteiger partial charge in [-0.15, -0.1) is 0 Å². The fourth-order valence-corrected chi connectivity index (χ4v) is 3.33. The number of methoxy groups -OCH3 is 1. The van der Waals surface area contributed by atoms with E-state index in [1.54, 1.807) is 18.0 Å². The number of rotatable bonds is 5. The second-order valence-corrected chi connectivity index (χ2v) is 6.66. The molecular formula is C17H15BrF3N5O2.